The molecule has 0 heterocycles. The Labute approximate surface area is 103 Å². The van der Waals surface area contributed by atoms with Gasteiger partial charge in [-0.15, -0.1) is 0 Å². The standard InChI is InChI=1S/C15H21NO/c1-3-15(2,16)14(17)13-10-5-4-9-12(13)11-7-6-8-11/h4-5,9-11H,3,6-8,16H2,1-2H3. The number of hydrogen-bond acceptors (Lipinski definition) is 2. The van der Waals surface area contributed by atoms with E-state index in [4.69, 9.17) is 5.73 Å². The van der Waals surface area contributed by atoms with Crippen molar-refractivity contribution < 1.29 is 4.79 Å². The van der Waals surface area contributed by atoms with Crippen LogP contribution in [0.4, 0.5) is 0 Å². The Morgan fingerprint density at radius 1 is 1.41 bits per heavy atom. The minimum atomic E-state index is -0.736. The van der Waals surface area contributed by atoms with E-state index in [9.17, 15) is 4.79 Å². The third kappa shape index (κ3) is 2.27. The van der Waals surface area contributed by atoms with Crippen LogP contribution in [0, 0.1) is 0 Å². The monoisotopic (exact) mass is 231 g/mol. The molecule has 1 saturated carbocycles. The summed E-state index contributed by atoms with van der Waals surface area (Å²) in [5.74, 6) is 0.658. The maximum atomic E-state index is 12.4. The first-order valence-corrected chi connectivity index (χ1v) is 6.49. The second-order valence-corrected chi connectivity index (χ2v) is 5.32. The van der Waals surface area contributed by atoms with Crippen molar-refractivity contribution in [1.82, 2.24) is 0 Å². The van der Waals surface area contributed by atoms with Crippen molar-refractivity contribution in [2.24, 2.45) is 5.73 Å². The van der Waals surface area contributed by atoms with Crippen molar-refractivity contribution in [3.8, 4) is 0 Å². The van der Waals surface area contributed by atoms with Gasteiger partial charge in [-0.05, 0) is 37.7 Å². The molecule has 1 fully saturated rings. The van der Waals surface area contributed by atoms with Gasteiger partial charge in [0.05, 0.1) is 5.54 Å². The molecule has 1 aliphatic carbocycles. The molecule has 1 aromatic rings. The van der Waals surface area contributed by atoms with E-state index in [-0.39, 0.29) is 5.78 Å². The van der Waals surface area contributed by atoms with E-state index in [1.807, 2.05) is 32.0 Å². The Bertz CT molecular complexity index is 419. The van der Waals surface area contributed by atoms with Gasteiger partial charge in [-0.3, -0.25) is 4.79 Å². The van der Waals surface area contributed by atoms with E-state index in [2.05, 4.69) is 6.07 Å². The fourth-order valence-electron chi connectivity index (χ4n) is 2.25. The molecule has 0 radical (unpaired) electrons. The molecule has 0 saturated heterocycles. The normalized spacial score (nSPS) is 19.5. The van der Waals surface area contributed by atoms with Gasteiger partial charge in [0, 0.05) is 5.56 Å². The molecular formula is C15H21NO. The van der Waals surface area contributed by atoms with Crippen molar-refractivity contribution >= 4 is 5.78 Å². The maximum absolute atomic E-state index is 12.4. The molecule has 0 spiro atoms. The van der Waals surface area contributed by atoms with Gasteiger partial charge in [-0.1, -0.05) is 37.6 Å². The molecule has 1 unspecified atom stereocenters. The molecule has 1 atom stereocenters. The summed E-state index contributed by atoms with van der Waals surface area (Å²) >= 11 is 0. The molecule has 0 aliphatic heterocycles. The Kier molecular flexibility index (Phi) is 3.34. The van der Waals surface area contributed by atoms with Gasteiger partial charge in [0.15, 0.2) is 5.78 Å². The predicted octanol–water partition coefficient (Wildman–Crippen LogP) is 3.26. The average Bonchev–Trinajstić information content (AvgIpc) is 2.26. The lowest BCUT2D eigenvalue weighted by atomic mass is 9.76. The molecule has 0 amide bonds. The zero-order chi connectivity index (χ0) is 12.5. The number of carbonyl (C=O) groups is 1. The topological polar surface area (TPSA) is 43.1 Å². The molecule has 1 aromatic carbocycles. The first-order chi connectivity index (χ1) is 8.06. The van der Waals surface area contributed by atoms with E-state index >= 15 is 0 Å². The molecule has 2 N–H and O–H groups in total. The van der Waals surface area contributed by atoms with E-state index in [0.29, 0.717) is 12.3 Å². The number of benzene rings is 1. The van der Waals surface area contributed by atoms with Crippen molar-refractivity contribution in [2.75, 3.05) is 0 Å². The molecule has 2 rings (SSSR count). The van der Waals surface area contributed by atoms with Gasteiger partial charge in [-0.25, -0.2) is 0 Å². The summed E-state index contributed by atoms with van der Waals surface area (Å²) in [6, 6.07) is 7.96. The van der Waals surface area contributed by atoms with Gasteiger partial charge >= 0.3 is 0 Å². The van der Waals surface area contributed by atoms with Gasteiger partial charge in [-0.2, -0.15) is 0 Å². The number of ketones is 1. The van der Waals surface area contributed by atoms with E-state index in [1.54, 1.807) is 0 Å². The van der Waals surface area contributed by atoms with Crippen LogP contribution in [-0.2, 0) is 0 Å². The van der Waals surface area contributed by atoms with Gasteiger partial charge < -0.3 is 5.73 Å². The lowest BCUT2D eigenvalue weighted by Crippen LogP contribution is -2.44. The summed E-state index contributed by atoms with van der Waals surface area (Å²) in [6.45, 7) is 3.79. The van der Waals surface area contributed by atoms with Crippen LogP contribution >= 0.6 is 0 Å². The fourth-order valence-corrected chi connectivity index (χ4v) is 2.25. The van der Waals surface area contributed by atoms with Crippen LogP contribution in [0.3, 0.4) is 0 Å². The van der Waals surface area contributed by atoms with Crippen molar-refractivity contribution in [2.45, 2.75) is 51.0 Å². The first kappa shape index (κ1) is 12.3. The van der Waals surface area contributed by atoms with Gasteiger partial charge in [0.1, 0.15) is 0 Å². The fraction of sp³-hybridized carbons (Fsp3) is 0.533. The highest BCUT2D eigenvalue weighted by Gasteiger charge is 2.31. The minimum absolute atomic E-state index is 0.0856. The zero-order valence-electron chi connectivity index (χ0n) is 10.7. The average molecular weight is 231 g/mol. The summed E-state index contributed by atoms with van der Waals surface area (Å²) in [4.78, 5) is 12.4. The molecule has 2 nitrogen and oxygen atoms in total. The molecule has 0 aromatic heterocycles. The van der Waals surface area contributed by atoms with Crippen molar-refractivity contribution in [1.29, 1.82) is 0 Å². The zero-order valence-corrected chi connectivity index (χ0v) is 10.7. The lowest BCUT2D eigenvalue weighted by Gasteiger charge is -2.30. The number of rotatable bonds is 4. The third-order valence-corrected chi connectivity index (χ3v) is 4.00. The SMILES string of the molecule is CCC(C)(N)C(=O)c1ccccc1C1CCC1. The lowest BCUT2D eigenvalue weighted by molar-refractivity contribution is 0.0895. The third-order valence-electron chi connectivity index (χ3n) is 4.00. The summed E-state index contributed by atoms with van der Waals surface area (Å²) in [5.41, 5.74) is 7.37. The largest absolute Gasteiger partial charge is 0.319 e. The highest BCUT2D eigenvalue weighted by molar-refractivity contribution is 6.04. The van der Waals surface area contributed by atoms with Crippen LogP contribution in [0.2, 0.25) is 0 Å². The summed E-state index contributed by atoms with van der Waals surface area (Å²) in [6.07, 6.45) is 4.36. The smallest absolute Gasteiger partial charge is 0.182 e. The van der Waals surface area contributed by atoms with Crippen LogP contribution in [0.5, 0.6) is 0 Å². The Morgan fingerprint density at radius 2 is 2.06 bits per heavy atom. The van der Waals surface area contributed by atoms with E-state index < -0.39 is 5.54 Å². The van der Waals surface area contributed by atoms with Crippen LogP contribution in [0.15, 0.2) is 24.3 Å². The van der Waals surface area contributed by atoms with E-state index in [0.717, 1.165) is 5.56 Å². The number of hydrogen-bond donors (Lipinski definition) is 1. The van der Waals surface area contributed by atoms with Crippen LogP contribution in [0.1, 0.15) is 61.4 Å². The highest BCUT2D eigenvalue weighted by Crippen LogP contribution is 2.38. The van der Waals surface area contributed by atoms with Crippen molar-refractivity contribution in [3.05, 3.63) is 35.4 Å². The second kappa shape index (κ2) is 4.61. The van der Waals surface area contributed by atoms with E-state index in [1.165, 1.54) is 24.8 Å². The predicted molar refractivity (Wildman–Crippen MR) is 70.2 cm³/mol. The van der Waals surface area contributed by atoms with Gasteiger partial charge in [0.25, 0.3) is 0 Å². The van der Waals surface area contributed by atoms with Crippen LogP contribution in [0.25, 0.3) is 0 Å². The molecule has 1 aliphatic rings. The molecule has 17 heavy (non-hydrogen) atoms. The maximum Gasteiger partial charge on any atom is 0.182 e. The molecule has 0 bridgehead atoms. The van der Waals surface area contributed by atoms with Crippen LogP contribution < -0.4 is 5.73 Å². The quantitative estimate of drug-likeness (QED) is 0.808. The minimum Gasteiger partial charge on any atom is -0.319 e. The van der Waals surface area contributed by atoms with Crippen molar-refractivity contribution in [3.63, 3.8) is 0 Å². The Hall–Kier alpha value is -1.15. The Balaban J connectivity index is 2.34. The van der Waals surface area contributed by atoms with Crippen LogP contribution in [-0.4, -0.2) is 11.3 Å². The number of carbonyl (C=O) groups excluding carboxylic acids is 1. The van der Waals surface area contributed by atoms with Gasteiger partial charge in [0.2, 0.25) is 0 Å². The Morgan fingerprint density at radius 3 is 2.59 bits per heavy atom. The molecular weight excluding hydrogens is 210 g/mol. The summed E-state index contributed by atoms with van der Waals surface area (Å²) in [5, 5.41) is 0. The molecule has 92 valence electrons. The second-order valence-electron chi connectivity index (χ2n) is 5.32. The highest BCUT2D eigenvalue weighted by atomic mass is 16.1. The number of nitrogens with two attached hydrogens (primary N) is 1. The summed E-state index contributed by atoms with van der Waals surface area (Å²) in [7, 11) is 0. The summed E-state index contributed by atoms with van der Waals surface area (Å²) < 4.78 is 0. The molecule has 2 heteroatoms. The number of Topliss-reactive ketones (excluding diaryl/α,β-unsaturated/α-hetero) is 1. The first-order valence-electron chi connectivity index (χ1n) is 6.49.